The van der Waals surface area contributed by atoms with E-state index in [1.807, 2.05) is 12.2 Å². The van der Waals surface area contributed by atoms with E-state index >= 15 is 0 Å². The molecule has 1 aliphatic carbocycles. The molecule has 0 saturated carbocycles. The first-order chi connectivity index (χ1) is 17.4. The SMILES string of the molecule is CCCCCCCCCCCC(C[C@@H]1OC(=O)[C@H]1CCCCCC)[C@@]1(C(=O)O)CC=CCC1C(N)=O. The lowest BCUT2D eigenvalue weighted by molar-refractivity contribution is -0.191. The number of hydrogen-bond donors (Lipinski definition) is 2. The monoisotopic (exact) mass is 505 g/mol. The van der Waals surface area contributed by atoms with Crippen LogP contribution in [0, 0.1) is 23.2 Å². The molecular formula is C30H51NO5. The summed E-state index contributed by atoms with van der Waals surface area (Å²) in [5.41, 5.74) is 4.54. The number of carboxylic acids is 1. The normalized spacial score (nSPS) is 26.3. The molecule has 3 N–H and O–H groups in total. The van der Waals surface area contributed by atoms with Crippen LogP contribution in [0.25, 0.3) is 0 Å². The van der Waals surface area contributed by atoms with E-state index in [1.165, 1.54) is 38.5 Å². The summed E-state index contributed by atoms with van der Waals surface area (Å²) < 4.78 is 5.58. The minimum atomic E-state index is -1.23. The summed E-state index contributed by atoms with van der Waals surface area (Å²) in [5.74, 6) is -2.77. The van der Waals surface area contributed by atoms with Crippen molar-refractivity contribution in [3.05, 3.63) is 12.2 Å². The van der Waals surface area contributed by atoms with Crippen LogP contribution < -0.4 is 5.73 Å². The zero-order chi connectivity index (χ0) is 26.4. The van der Waals surface area contributed by atoms with Crippen molar-refractivity contribution < 1.29 is 24.2 Å². The molecule has 1 aliphatic heterocycles. The summed E-state index contributed by atoms with van der Waals surface area (Å²) >= 11 is 0. The van der Waals surface area contributed by atoms with Gasteiger partial charge in [-0.1, -0.05) is 109 Å². The van der Waals surface area contributed by atoms with Crippen LogP contribution in [0.1, 0.15) is 129 Å². The van der Waals surface area contributed by atoms with Crippen LogP contribution in [0.5, 0.6) is 0 Å². The smallest absolute Gasteiger partial charge is 0.313 e. The molecule has 0 spiro atoms. The predicted octanol–water partition coefficient (Wildman–Crippen LogP) is 6.95. The molecule has 2 aliphatic rings. The number of nitrogens with two attached hydrogens (primary N) is 1. The number of primary amides is 1. The van der Waals surface area contributed by atoms with E-state index < -0.39 is 23.2 Å². The highest BCUT2D eigenvalue weighted by atomic mass is 16.6. The summed E-state index contributed by atoms with van der Waals surface area (Å²) in [6.07, 6.45) is 21.4. The number of aliphatic carboxylic acids is 1. The number of cyclic esters (lactones) is 1. The minimum absolute atomic E-state index is 0.149. The summed E-state index contributed by atoms with van der Waals surface area (Å²) in [7, 11) is 0. The summed E-state index contributed by atoms with van der Waals surface area (Å²) in [6.45, 7) is 4.39. The van der Waals surface area contributed by atoms with Gasteiger partial charge in [-0.3, -0.25) is 14.4 Å². The highest BCUT2D eigenvalue weighted by Crippen LogP contribution is 2.50. The number of carbonyl (C=O) groups is 3. The maximum absolute atomic E-state index is 12.8. The summed E-state index contributed by atoms with van der Waals surface area (Å²) in [6, 6.07) is 0. The van der Waals surface area contributed by atoms with E-state index in [0.717, 1.165) is 57.8 Å². The Balaban J connectivity index is 2.06. The van der Waals surface area contributed by atoms with Crippen molar-refractivity contribution in [2.24, 2.45) is 28.9 Å². The Bertz CT molecular complexity index is 720. The second-order valence-corrected chi connectivity index (χ2v) is 11.2. The lowest BCUT2D eigenvalue weighted by Crippen LogP contribution is -2.54. The molecule has 0 aromatic carbocycles. The molecule has 0 bridgehead atoms. The maximum atomic E-state index is 12.8. The number of carboxylic acid groups (broad SMARTS) is 1. The molecule has 36 heavy (non-hydrogen) atoms. The largest absolute Gasteiger partial charge is 0.481 e. The fourth-order valence-electron chi connectivity index (χ4n) is 6.37. The lowest BCUT2D eigenvalue weighted by atomic mass is 9.58. The van der Waals surface area contributed by atoms with Gasteiger partial charge in [0.05, 0.1) is 17.3 Å². The topological polar surface area (TPSA) is 107 Å². The second-order valence-electron chi connectivity index (χ2n) is 11.2. The van der Waals surface area contributed by atoms with Crippen molar-refractivity contribution in [3.63, 3.8) is 0 Å². The Morgan fingerprint density at radius 1 is 0.972 bits per heavy atom. The molecule has 2 rings (SSSR count). The van der Waals surface area contributed by atoms with Crippen molar-refractivity contribution in [3.8, 4) is 0 Å². The molecule has 5 atom stereocenters. The molecule has 2 unspecified atom stereocenters. The maximum Gasteiger partial charge on any atom is 0.313 e. The van der Waals surface area contributed by atoms with Gasteiger partial charge in [-0.15, -0.1) is 0 Å². The third kappa shape index (κ3) is 8.34. The van der Waals surface area contributed by atoms with E-state index in [4.69, 9.17) is 10.5 Å². The minimum Gasteiger partial charge on any atom is -0.481 e. The summed E-state index contributed by atoms with van der Waals surface area (Å²) in [4.78, 5) is 37.5. The molecular weight excluding hydrogens is 454 g/mol. The van der Waals surface area contributed by atoms with Gasteiger partial charge in [0.15, 0.2) is 0 Å². The number of unbranched alkanes of at least 4 members (excludes halogenated alkanes) is 11. The van der Waals surface area contributed by atoms with Gasteiger partial charge in [0, 0.05) is 0 Å². The third-order valence-corrected chi connectivity index (χ3v) is 8.65. The molecule has 0 radical (unpaired) electrons. The van der Waals surface area contributed by atoms with Gasteiger partial charge in [0.2, 0.25) is 5.91 Å². The molecule has 206 valence electrons. The van der Waals surface area contributed by atoms with Crippen LogP contribution in [-0.4, -0.2) is 29.1 Å². The quantitative estimate of drug-likeness (QED) is 0.106. The highest BCUT2D eigenvalue weighted by molar-refractivity contribution is 5.87. The molecule has 1 saturated heterocycles. The van der Waals surface area contributed by atoms with Crippen LogP contribution in [-0.2, 0) is 19.1 Å². The Kier molecular flexibility index (Phi) is 13.6. The molecule has 6 nitrogen and oxygen atoms in total. The third-order valence-electron chi connectivity index (χ3n) is 8.65. The summed E-state index contributed by atoms with van der Waals surface area (Å²) in [5, 5.41) is 10.5. The first-order valence-corrected chi connectivity index (χ1v) is 14.8. The van der Waals surface area contributed by atoms with Gasteiger partial charge < -0.3 is 15.6 Å². The average molecular weight is 506 g/mol. The Morgan fingerprint density at radius 2 is 1.56 bits per heavy atom. The van der Waals surface area contributed by atoms with E-state index in [0.29, 0.717) is 19.3 Å². The van der Waals surface area contributed by atoms with Crippen molar-refractivity contribution in [1.82, 2.24) is 0 Å². The van der Waals surface area contributed by atoms with Crippen molar-refractivity contribution in [2.45, 2.75) is 136 Å². The number of carbonyl (C=O) groups excluding carboxylic acids is 2. The standard InChI is InChI=1S/C30H51NO5/c1-3-5-7-9-10-11-12-13-14-18-23(22-26-24(28(33)36-26)19-15-8-6-4-2)30(29(34)35)21-17-16-20-25(30)27(31)32/h16-17,23-26H,3-15,18-22H2,1-2H3,(H2,31,32)(H,34,35)/t23?,24-,25?,26-,30-/m0/s1. The number of amides is 1. The van der Waals surface area contributed by atoms with Crippen molar-refractivity contribution in [2.75, 3.05) is 0 Å². The van der Waals surface area contributed by atoms with Crippen molar-refractivity contribution in [1.29, 1.82) is 0 Å². The molecule has 0 aromatic heterocycles. The fourth-order valence-corrected chi connectivity index (χ4v) is 6.37. The Morgan fingerprint density at radius 3 is 2.11 bits per heavy atom. The van der Waals surface area contributed by atoms with Crippen LogP contribution in [0.4, 0.5) is 0 Å². The Hall–Kier alpha value is -1.85. The first-order valence-electron chi connectivity index (χ1n) is 14.8. The number of rotatable bonds is 20. The van der Waals surface area contributed by atoms with E-state index in [2.05, 4.69) is 13.8 Å². The molecule has 1 heterocycles. The van der Waals surface area contributed by atoms with Gasteiger partial charge in [0.1, 0.15) is 6.10 Å². The number of hydrogen-bond acceptors (Lipinski definition) is 4. The fraction of sp³-hybridized carbons (Fsp3) is 0.833. The first kappa shape index (κ1) is 30.4. The van der Waals surface area contributed by atoms with Crippen LogP contribution in [0.3, 0.4) is 0 Å². The van der Waals surface area contributed by atoms with Crippen LogP contribution in [0.2, 0.25) is 0 Å². The number of allylic oxidation sites excluding steroid dienone is 2. The van der Waals surface area contributed by atoms with Gasteiger partial charge in [-0.25, -0.2) is 0 Å². The highest BCUT2D eigenvalue weighted by Gasteiger charge is 2.56. The van der Waals surface area contributed by atoms with E-state index in [9.17, 15) is 19.5 Å². The van der Waals surface area contributed by atoms with Crippen molar-refractivity contribution >= 4 is 17.8 Å². The van der Waals surface area contributed by atoms with Gasteiger partial charge in [-0.05, 0) is 38.0 Å². The van der Waals surface area contributed by atoms with E-state index in [-0.39, 0.29) is 23.9 Å². The van der Waals surface area contributed by atoms with Crippen LogP contribution in [0.15, 0.2) is 12.2 Å². The zero-order valence-corrected chi connectivity index (χ0v) is 22.8. The van der Waals surface area contributed by atoms with Gasteiger partial charge >= 0.3 is 11.9 Å². The second kappa shape index (κ2) is 16.1. The van der Waals surface area contributed by atoms with E-state index in [1.54, 1.807) is 0 Å². The Labute approximate surface area is 218 Å². The molecule has 1 fully saturated rings. The number of esters is 1. The molecule has 0 aromatic rings. The molecule has 6 heteroatoms. The zero-order valence-electron chi connectivity index (χ0n) is 22.8. The van der Waals surface area contributed by atoms with Gasteiger partial charge in [-0.2, -0.15) is 0 Å². The van der Waals surface area contributed by atoms with Gasteiger partial charge in [0.25, 0.3) is 0 Å². The van der Waals surface area contributed by atoms with Crippen LogP contribution >= 0.6 is 0 Å². The lowest BCUT2D eigenvalue weighted by Gasteiger charge is -2.46. The average Bonchev–Trinajstić information content (AvgIpc) is 2.85. The predicted molar refractivity (Wildman–Crippen MR) is 143 cm³/mol. The molecule has 1 amide bonds. The number of ether oxygens (including phenoxy) is 1.